The number of hydrogen-bond donors (Lipinski definition) is 1. The molecular weight excluding hydrogens is 482 g/mol. The van der Waals surface area contributed by atoms with Crippen LogP contribution in [0.1, 0.15) is 12.8 Å². The van der Waals surface area contributed by atoms with Crippen molar-refractivity contribution in [3.8, 4) is 17.2 Å². The molecule has 0 spiro atoms. The van der Waals surface area contributed by atoms with Gasteiger partial charge in [-0.05, 0) is 66.8 Å². The van der Waals surface area contributed by atoms with Gasteiger partial charge >= 0.3 is 0 Å². The van der Waals surface area contributed by atoms with E-state index in [1.807, 2.05) is 60.3 Å². The summed E-state index contributed by atoms with van der Waals surface area (Å²) in [5.41, 5.74) is 2.55. The van der Waals surface area contributed by atoms with Crippen molar-refractivity contribution in [1.29, 1.82) is 0 Å². The number of nitrogens with one attached hydrogen (secondary N) is 1. The molecule has 3 aromatic carbocycles. The van der Waals surface area contributed by atoms with Crippen molar-refractivity contribution in [2.24, 2.45) is 7.05 Å². The third-order valence-electron chi connectivity index (χ3n) is 5.58. The van der Waals surface area contributed by atoms with Gasteiger partial charge in [0.1, 0.15) is 29.7 Å². The Bertz CT molecular complexity index is 1440. The summed E-state index contributed by atoms with van der Waals surface area (Å²) < 4.78 is 22.2. The third kappa shape index (κ3) is 5.31. The number of carbonyl (C=O) groups excluding carboxylic acids is 2. The summed E-state index contributed by atoms with van der Waals surface area (Å²) in [6.45, 7) is 0.270. The van der Waals surface area contributed by atoms with Gasteiger partial charge in [0.25, 0.3) is 5.24 Å². The first-order valence-corrected chi connectivity index (χ1v) is 12.9. The van der Waals surface area contributed by atoms with E-state index < -0.39 is 16.4 Å². The van der Waals surface area contributed by atoms with Crippen molar-refractivity contribution >= 4 is 45.7 Å². The summed E-state index contributed by atoms with van der Waals surface area (Å²) in [6, 6.07) is 20.9. The standard InChI is InChI=1S/C26H23N3O4S2/c1-29-22-14-19(33-18-7-10-20(34-2)11-8-18)9-12-21(22)27-24(29)15-32-17-5-3-16(4-6-17)13-23-25(30)28-26(31)35-23/h3-12,14,23H,13,15H2,1-2H3,(H,28,30,31)/i23D. The van der Waals surface area contributed by atoms with Crippen molar-refractivity contribution in [2.75, 3.05) is 6.26 Å². The molecule has 2 amide bonds. The summed E-state index contributed by atoms with van der Waals surface area (Å²) in [5, 5.41) is 0.148. The summed E-state index contributed by atoms with van der Waals surface area (Å²) >= 11 is 2.39. The predicted octanol–water partition coefficient (Wildman–Crippen LogP) is 5.56. The molecule has 35 heavy (non-hydrogen) atoms. The minimum atomic E-state index is -1.53. The quantitative estimate of drug-likeness (QED) is 0.313. The van der Waals surface area contributed by atoms with E-state index >= 15 is 0 Å². The monoisotopic (exact) mass is 506 g/mol. The number of rotatable bonds is 8. The average Bonchev–Trinajstić information content (AvgIpc) is 3.32. The highest BCUT2D eigenvalue weighted by Gasteiger charge is 2.31. The molecule has 0 radical (unpaired) electrons. The molecule has 1 aromatic heterocycles. The Kier molecular flexibility index (Phi) is 6.34. The number of amides is 2. The van der Waals surface area contributed by atoms with Crippen molar-refractivity contribution in [1.82, 2.24) is 14.9 Å². The summed E-state index contributed by atoms with van der Waals surface area (Å²) in [4.78, 5) is 29.2. The van der Waals surface area contributed by atoms with Crippen LogP contribution in [0.2, 0.25) is 0 Å². The molecule has 1 aliphatic rings. The van der Waals surface area contributed by atoms with Gasteiger partial charge in [-0.3, -0.25) is 14.9 Å². The predicted molar refractivity (Wildman–Crippen MR) is 138 cm³/mol. The van der Waals surface area contributed by atoms with Gasteiger partial charge in [-0.2, -0.15) is 0 Å². The van der Waals surface area contributed by atoms with E-state index in [4.69, 9.17) is 10.8 Å². The molecule has 0 saturated carbocycles. The van der Waals surface area contributed by atoms with E-state index in [2.05, 4.69) is 10.3 Å². The molecule has 1 N–H and O–H groups in total. The Morgan fingerprint density at radius 1 is 1.06 bits per heavy atom. The van der Waals surface area contributed by atoms with E-state index in [1.165, 1.54) is 4.90 Å². The van der Waals surface area contributed by atoms with Gasteiger partial charge in [0.2, 0.25) is 5.91 Å². The van der Waals surface area contributed by atoms with Crippen LogP contribution in [0.5, 0.6) is 17.2 Å². The van der Waals surface area contributed by atoms with E-state index in [0.717, 1.165) is 33.9 Å². The van der Waals surface area contributed by atoms with Gasteiger partial charge in [-0.15, -0.1) is 11.8 Å². The SMILES string of the molecule is [2H]C1(Cc2ccc(OCc3nc4ccc(Oc5ccc(SC)cc5)cc4n3C)cc2)SC(=O)NC1=O. The van der Waals surface area contributed by atoms with Gasteiger partial charge in [-0.1, -0.05) is 23.9 Å². The molecule has 178 valence electrons. The Balaban J connectivity index is 1.24. The number of fused-ring (bicyclic) bond motifs is 1. The number of imide groups is 1. The largest absolute Gasteiger partial charge is 0.486 e. The van der Waals surface area contributed by atoms with Crippen LogP contribution in [0.25, 0.3) is 11.0 Å². The second-order valence-corrected chi connectivity index (χ2v) is 9.84. The lowest BCUT2D eigenvalue weighted by Crippen LogP contribution is -2.25. The van der Waals surface area contributed by atoms with Gasteiger partial charge in [-0.25, -0.2) is 4.98 Å². The number of benzene rings is 3. The second-order valence-electron chi connectivity index (χ2n) is 7.89. The summed E-state index contributed by atoms with van der Waals surface area (Å²) in [6.07, 6.45) is 2.17. The van der Waals surface area contributed by atoms with Crippen LogP contribution in [0.3, 0.4) is 0 Å². The number of imidazole rings is 1. The lowest BCUT2D eigenvalue weighted by molar-refractivity contribution is -0.118. The van der Waals surface area contributed by atoms with Gasteiger partial charge < -0.3 is 14.0 Å². The minimum absolute atomic E-state index is 0.131. The molecule has 9 heteroatoms. The molecule has 1 fully saturated rings. The van der Waals surface area contributed by atoms with E-state index in [1.54, 1.807) is 36.0 Å². The van der Waals surface area contributed by atoms with Gasteiger partial charge in [0, 0.05) is 18.0 Å². The number of hydrogen-bond acceptors (Lipinski definition) is 7. The maximum absolute atomic E-state index is 11.9. The van der Waals surface area contributed by atoms with E-state index in [-0.39, 0.29) is 13.0 Å². The smallest absolute Gasteiger partial charge is 0.286 e. The number of nitrogens with zero attached hydrogens (tertiary/aromatic N) is 2. The van der Waals surface area contributed by atoms with Crippen LogP contribution in [0.4, 0.5) is 4.79 Å². The van der Waals surface area contributed by atoms with Crippen LogP contribution in [0.15, 0.2) is 71.6 Å². The molecule has 0 aliphatic carbocycles. The molecule has 1 aliphatic heterocycles. The van der Waals surface area contributed by atoms with Gasteiger partial charge in [0.15, 0.2) is 0 Å². The van der Waals surface area contributed by atoms with E-state index in [0.29, 0.717) is 17.5 Å². The first-order valence-electron chi connectivity index (χ1n) is 11.4. The molecule has 1 unspecified atom stereocenters. The normalized spacial score (nSPS) is 17.9. The maximum Gasteiger partial charge on any atom is 0.286 e. The zero-order valence-corrected chi connectivity index (χ0v) is 20.7. The van der Waals surface area contributed by atoms with Crippen LogP contribution in [-0.2, 0) is 24.9 Å². The summed E-state index contributed by atoms with van der Waals surface area (Å²) in [7, 11) is 1.94. The molecule has 1 saturated heterocycles. The number of aryl methyl sites for hydroxylation is 1. The number of carbonyl (C=O) groups is 2. The van der Waals surface area contributed by atoms with Crippen LogP contribution in [-0.4, -0.2) is 32.2 Å². The van der Waals surface area contributed by atoms with Crippen molar-refractivity contribution in [3.05, 3.63) is 78.1 Å². The third-order valence-corrected chi connectivity index (χ3v) is 7.19. The highest BCUT2D eigenvalue weighted by atomic mass is 32.2. The fourth-order valence-electron chi connectivity index (χ4n) is 3.69. The first kappa shape index (κ1) is 22.1. The Labute approximate surface area is 212 Å². The molecule has 1 atom stereocenters. The maximum atomic E-state index is 11.9. The van der Waals surface area contributed by atoms with Gasteiger partial charge in [0.05, 0.1) is 17.6 Å². The molecule has 0 bridgehead atoms. The molecule has 5 rings (SSSR count). The lowest BCUT2D eigenvalue weighted by atomic mass is 10.1. The van der Waals surface area contributed by atoms with Crippen molar-refractivity contribution in [3.63, 3.8) is 0 Å². The number of ether oxygens (including phenoxy) is 2. The van der Waals surface area contributed by atoms with Crippen molar-refractivity contribution < 1.29 is 20.4 Å². The molecule has 4 aromatic rings. The lowest BCUT2D eigenvalue weighted by Gasteiger charge is -2.09. The second kappa shape index (κ2) is 10.1. The molecular formula is C26H23N3O4S2. The van der Waals surface area contributed by atoms with Crippen LogP contribution < -0.4 is 14.8 Å². The highest BCUT2D eigenvalue weighted by Crippen LogP contribution is 2.28. The van der Waals surface area contributed by atoms with Crippen molar-refractivity contribution in [2.45, 2.75) is 23.1 Å². The first-order chi connectivity index (χ1) is 17.3. The van der Waals surface area contributed by atoms with E-state index in [9.17, 15) is 9.59 Å². The topological polar surface area (TPSA) is 82.4 Å². The Morgan fingerprint density at radius 3 is 2.46 bits per heavy atom. The number of aromatic nitrogens is 2. The fourth-order valence-corrected chi connectivity index (χ4v) is 4.85. The van der Waals surface area contributed by atoms with Crippen LogP contribution >= 0.6 is 23.5 Å². The van der Waals surface area contributed by atoms with Crippen LogP contribution in [0, 0.1) is 0 Å². The number of thioether (sulfide) groups is 2. The molecule has 2 heterocycles. The molecule has 7 nitrogen and oxygen atoms in total. The fraction of sp³-hybridized carbons (Fsp3) is 0.192. The highest BCUT2D eigenvalue weighted by molar-refractivity contribution is 8.15. The Morgan fingerprint density at radius 2 is 1.77 bits per heavy atom. The zero-order chi connectivity index (χ0) is 25.3. The average molecular weight is 507 g/mol. The minimum Gasteiger partial charge on any atom is -0.486 e. The summed E-state index contributed by atoms with van der Waals surface area (Å²) in [5.74, 6) is 2.33. The Hall–Kier alpha value is -3.43. The zero-order valence-electron chi connectivity index (χ0n) is 20.1.